The lowest BCUT2D eigenvalue weighted by Crippen LogP contribution is -2.48. The first kappa shape index (κ1) is 20.6. The second-order valence-corrected chi connectivity index (χ2v) is 11.8. The molecule has 0 saturated carbocycles. The number of piperidine rings is 1. The van der Waals surface area contributed by atoms with E-state index in [2.05, 4.69) is 0 Å². The zero-order chi connectivity index (χ0) is 19.8. The highest BCUT2D eigenvalue weighted by atomic mass is 35.5. The fraction of sp³-hybridized carbons (Fsp3) is 0.588. The van der Waals surface area contributed by atoms with Crippen molar-refractivity contribution < 1.29 is 21.6 Å². The summed E-state index contributed by atoms with van der Waals surface area (Å²) in [7, 11) is -5.18. The molecule has 1 aromatic carbocycles. The van der Waals surface area contributed by atoms with Crippen molar-refractivity contribution in [3.63, 3.8) is 0 Å². The van der Waals surface area contributed by atoms with Crippen molar-refractivity contribution in [2.24, 2.45) is 5.92 Å². The Hall–Kier alpha value is -1.16. The standard InChI is InChI=1S/C17H23ClN2O5S2/c1-19(15-8-10-26(22,23)12-15)17(21)13-3-2-9-20(11-13)27(24,25)16-6-4-14(18)5-7-16/h4-7,13,15H,2-3,8-12H2,1H3. The van der Waals surface area contributed by atoms with E-state index >= 15 is 0 Å². The Labute approximate surface area is 165 Å². The van der Waals surface area contributed by atoms with Gasteiger partial charge in [0.2, 0.25) is 15.9 Å². The largest absolute Gasteiger partial charge is 0.341 e. The molecule has 3 rings (SSSR count). The average molecular weight is 435 g/mol. The van der Waals surface area contributed by atoms with Crippen molar-refractivity contribution in [2.45, 2.75) is 30.2 Å². The van der Waals surface area contributed by atoms with Crippen molar-refractivity contribution in [3.05, 3.63) is 29.3 Å². The third kappa shape index (κ3) is 4.47. The third-order valence-corrected chi connectivity index (χ3v) is 9.17. The SMILES string of the molecule is CN(C(=O)C1CCCN(S(=O)(=O)c2ccc(Cl)cc2)C1)C1CCS(=O)(=O)C1. The van der Waals surface area contributed by atoms with Gasteiger partial charge in [0.25, 0.3) is 0 Å². The number of carbonyl (C=O) groups is 1. The Morgan fingerprint density at radius 2 is 1.89 bits per heavy atom. The first-order valence-electron chi connectivity index (χ1n) is 8.83. The van der Waals surface area contributed by atoms with Gasteiger partial charge in [0, 0.05) is 31.2 Å². The summed E-state index contributed by atoms with van der Waals surface area (Å²) in [5.41, 5.74) is 0. The Morgan fingerprint density at radius 3 is 2.48 bits per heavy atom. The molecule has 1 amide bonds. The molecule has 7 nitrogen and oxygen atoms in total. The predicted octanol–water partition coefficient (Wildman–Crippen LogP) is 1.39. The van der Waals surface area contributed by atoms with Crippen LogP contribution in [0.3, 0.4) is 0 Å². The van der Waals surface area contributed by atoms with E-state index in [1.165, 1.54) is 33.5 Å². The minimum absolute atomic E-state index is 0.0191. The number of carbonyl (C=O) groups excluding carboxylic acids is 1. The van der Waals surface area contributed by atoms with Crippen molar-refractivity contribution in [2.75, 3.05) is 31.6 Å². The summed E-state index contributed by atoms with van der Waals surface area (Å²) >= 11 is 5.83. The molecule has 2 aliphatic rings. The van der Waals surface area contributed by atoms with Crippen LogP contribution in [0.15, 0.2) is 29.2 Å². The molecule has 1 aromatic rings. The highest BCUT2D eigenvalue weighted by Crippen LogP contribution is 2.27. The fourth-order valence-electron chi connectivity index (χ4n) is 3.67. The van der Waals surface area contributed by atoms with Crippen molar-refractivity contribution in [3.8, 4) is 0 Å². The van der Waals surface area contributed by atoms with Crippen LogP contribution in [0, 0.1) is 5.92 Å². The summed E-state index contributed by atoms with van der Waals surface area (Å²) in [4.78, 5) is 14.5. The minimum Gasteiger partial charge on any atom is -0.341 e. The van der Waals surface area contributed by atoms with Crippen LogP contribution in [-0.4, -0.2) is 69.6 Å². The molecule has 2 fully saturated rings. The van der Waals surface area contributed by atoms with Crippen LogP contribution < -0.4 is 0 Å². The van der Waals surface area contributed by atoms with E-state index in [9.17, 15) is 21.6 Å². The van der Waals surface area contributed by atoms with Crippen LogP contribution in [-0.2, 0) is 24.7 Å². The zero-order valence-corrected chi connectivity index (χ0v) is 17.4. The first-order valence-corrected chi connectivity index (χ1v) is 12.5. The summed E-state index contributed by atoms with van der Waals surface area (Å²) < 4.78 is 50.4. The second kappa shape index (κ2) is 7.69. The molecule has 2 saturated heterocycles. The van der Waals surface area contributed by atoms with Gasteiger partial charge in [-0.2, -0.15) is 4.31 Å². The lowest BCUT2D eigenvalue weighted by atomic mass is 9.97. The average Bonchev–Trinajstić information content (AvgIpc) is 3.01. The summed E-state index contributed by atoms with van der Waals surface area (Å²) in [5.74, 6) is -0.576. The van der Waals surface area contributed by atoms with E-state index in [4.69, 9.17) is 11.6 Å². The van der Waals surface area contributed by atoms with Crippen LogP contribution in [0.25, 0.3) is 0 Å². The van der Waals surface area contributed by atoms with Gasteiger partial charge in [0.1, 0.15) is 0 Å². The van der Waals surface area contributed by atoms with Gasteiger partial charge in [-0.1, -0.05) is 11.6 Å². The normalized spacial score (nSPS) is 26.0. The van der Waals surface area contributed by atoms with E-state index in [0.717, 1.165) is 0 Å². The number of benzene rings is 1. The molecule has 2 heterocycles. The van der Waals surface area contributed by atoms with E-state index in [0.29, 0.717) is 30.8 Å². The molecular formula is C17H23ClN2O5S2. The lowest BCUT2D eigenvalue weighted by molar-refractivity contribution is -0.137. The Morgan fingerprint density at radius 1 is 1.22 bits per heavy atom. The maximum Gasteiger partial charge on any atom is 0.243 e. The second-order valence-electron chi connectivity index (χ2n) is 7.16. The first-order chi connectivity index (χ1) is 12.6. The van der Waals surface area contributed by atoms with Crippen LogP contribution in [0.5, 0.6) is 0 Å². The molecular weight excluding hydrogens is 412 g/mol. The van der Waals surface area contributed by atoms with Gasteiger partial charge in [-0.15, -0.1) is 0 Å². The molecule has 0 spiro atoms. The molecule has 10 heteroatoms. The van der Waals surface area contributed by atoms with Crippen LogP contribution in [0.4, 0.5) is 0 Å². The molecule has 0 N–H and O–H groups in total. The minimum atomic E-state index is -3.70. The van der Waals surface area contributed by atoms with Gasteiger partial charge in [0.15, 0.2) is 9.84 Å². The monoisotopic (exact) mass is 434 g/mol. The predicted molar refractivity (Wildman–Crippen MR) is 103 cm³/mol. The summed E-state index contributed by atoms with van der Waals surface area (Å²) in [6.45, 7) is 0.462. The van der Waals surface area contributed by atoms with Gasteiger partial charge in [-0.25, -0.2) is 16.8 Å². The van der Waals surface area contributed by atoms with Crippen LogP contribution in [0.1, 0.15) is 19.3 Å². The number of sulfone groups is 1. The number of hydrogen-bond donors (Lipinski definition) is 0. The number of sulfonamides is 1. The molecule has 2 unspecified atom stereocenters. The van der Waals surface area contributed by atoms with Crippen molar-refractivity contribution >= 4 is 37.4 Å². The Bertz CT molecular complexity index is 915. The maximum atomic E-state index is 12.9. The number of nitrogens with zero attached hydrogens (tertiary/aromatic N) is 2. The van der Waals surface area contributed by atoms with E-state index < -0.39 is 25.8 Å². The summed E-state index contributed by atoms with van der Waals surface area (Å²) in [6.07, 6.45) is 1.61. The number of rotatable bonds is 4. The molecule has 2 aliphatic heterocycles. The number of hydrogen-bond acceptors (Lipinski definition) is 5. The molecule has 27 heavy (non-hydrogen) atoms. The third-order valence-electron chi connectivity index (χ3n) is 5.29. The topological polar surface area (TPSA) is 91.8 Å². The van der Waals surface area contributed by atoms with Crippen LogP contribution >= 0.6 is 11.6 Å². The molecule has 0 radical (unpaired) electrons. The molecule has 0 aromatic heterocycles. The number of amides is 1. The van der Waals surface area contributed by atoms with Gasteiger partial charge in [-0.05, 0) is 43.5 Å². The molecule has 0 aliphatic carbocycles. The van der Waals surface area contributed by atoms with Gasteiger partial charge in [0.05, 0.1) is 22.3 Å². The van der Waals surface area contributed by atoms with Gasteiger partial charge in [-0.3, -0.25) is 4.79 Å². The smallest absolute Gasteiger partial charge is 0.243 e. The number of halogens is 1. The fourth-order valence-corrected chi connectivity index (χ4v) is 7.09. The zero-order valence-electron chi connectivity index (χ0n) is 15.0. The highest BCUT2D eigenvalue weighted by Gasteiger charge is 2.38. The van der Waals surface area contributed by atoms with E-state index in [1.54, 1.807) is 7.05 Å². The summed E-state index contributed by atoms with van der Waals surface area (Å²) in [6, 6.07) is 5.63. The van der Waals surface area contributed by atoms with Gasteiger partial charge < -0.3 is 4.90 Å². The van der Waals surface area contributed by atoms with Gasteiger partial charge >= 0.3 is 0 Å². The summed E-state index contributed by atoms with van der Waals surface area (Å²) in [5, 5.41) is 0.453. The van der Waals surface area contributed by atoms with Crippen molar-refractivity contribution in [1.82, 2.24) is 9.21 Å². The van der Waals surface area contributed by atoms with E-state index in [1.807, 2.05) is 0 Å². The lowest BCUT2D eigenvalue weighted by Gasteiger charge is -2.34. The maximum absolute atomic E-state index is 12.9. The molecule has 2 atom stereocenters. The quantitative estimate of drug-likeness (QED) is 0.714. The van der Waals surface area contributed by atoms with E-state index in [-0.39, 0.29) is 34.9 Å². The molecule has 0 bridgehead atoms. The molecule has 150 valence electrons. The highest BCUT2D eigenvalue weighted by molar-refractivity contribution is 7.91. The van der Waals surface area contributed by atoms with Crippen LogP contribution in [0.2, 0.25) is 5.02 Å². The Balaban J connectivity index is 1.72. The Kier molecular flexibility index (Phi) is 5.86. The van der Waals surface area contributed by atoms with Crippen molar-refractivity contribution in [1.29, 1.82) is 0 Å².